The van der Waals surface area contributed by atoms with Crippen LogP contribution in [0.25, 0.3) is 11.4 Å². The van der Waals surface area contributed by atoms with Gasteiger partial charge in [0, 0.05) is 10.6 Å². The fraction of sp³-hybridized carbons (Fsp3) is 0.111. The molecular weight excluding hydrogens is 319 g/mol. The van der Waals surface area contributed by atoms with E-state index >= 15 is 0 Å². The minimum atomic E-state index is 0.571. The quantitative estimate of drug-likeness (QED) is 0.765. The van der Waals surface area contributed by atoms with E-state index in [1.54, 1.807) is 12.1 Å². The largest absolute Gasteiger partial charge is 0.219 e. The van der Waals surface area contributed by atoms with Gasteiger partial charge in [-0.1, -0.05) is 39.1 Å². The zero-order chi connectivity index (χ0) is 10.8. The Labute approximate surface area is 110 Å². The minimum absolute atomic E-state index is 0.571. The summed E-state index contributed by atoms with van der Waals surface area (Å²) >= 11 is 16.5. The van der Waals surface area contributed by atoms with E-state index in [0.29, 0.717) is 21.2 Å². The monoisotopic (exact) mass is 322 g/mol. The first-order valence-corrected chi connectivity index (χ1v) is 6.70. The number of halogens is 3. The Morgan fingerprint density at radius 3 is 2.73 bits per heavy atom. The van der Waals surface area contributed by atoms with Crippen molar-refractivity contribution in [2.75, 3.05) is 0 Å². The molecule has 0 aliphatic rings. The molecule has 6 heteroatoms. The second-order valence-electron chi connectivity index (χ2n) is 2.77. The van der Waals surface area contributed by atoms with Gasteiger partial charge in [0.05, 0.1) is 10.4 Å². The first-order chi connectivity index (χ1) is 7.20. The summed E-state index contributed by atoms with van der Waals surface area (Å²) in [7, 11) is 0. The molecule has 0 amide bonds. The van der Waals surface area contributed by atoms with Gasteiger partial charge in [-0.15, -0.1) is 0 Å². The third-order valence-electron chi connectivity index (χ3n) is 1.75. The normalized spacial score (nSPS) is 10.6. The predicted octanol–water partition coefficient (Wildman–Crippen LogP) is 4.41. The van der Waals surface area contributed by atoms with Gasteiger partial charge in [-0.25, -0.2) is 4.98 Å². The highest BCUT2D eigenvalue weighted by atomic mass is 79.9. The van der Waals surface area contributed by atoms with E-state index < -0.39 is 0 Å². The van der Waals surface area contributed by atoms with Gasteiger partial charge in [0.25, 0.3) is 0 Å². The molecule has 2 nitrogen and oxygen atoms in total. The number of rotatable bonds is 2. The van der Waals surface area contributed by atoms with Crippen molar-refractivity contribution in [3.63, 3.8) is 0 Å². The molecular formula is C9H5BrCl2N2S. The molecule has 2 aromatic rings. The van der Waals surface area contributed by atoms with Crippen LogP contribution in [0.5, 0.6) is 0 Å². The second-order valence-corrected chi connectivity index (χ2v) is 5.01. The maximum Gasteiger partial charge on any atom is 0.174 e. The smallest absolute Gasteiger partial charge is 0.174 e. The Balaban J connectivity index is 2.44. The summed E-state index contributed by atoms with van der Waals surface area (Å²) in [5, 5.41) is 2.81. The average molecular weight is 324 g/mol. The molecule has 15 heavy (non-hydrogen) atoms. The summed E-state index contributed by atoms with van der Waals surface area (Å²) in [6, 6.07) is 5.29. The summed E-state index contributed by atoms with van der Waals surface area (Å²) in [4.78, 5) is 4.32. The molecule has 78 valence electrons. The van der Waals surface area contributed by atoms with Crippen LogP contribution in [0.15, 0.2) is 18.2 Å². The summed E-state index contributed by atoms with van der Waals surface area (Å²) in [5.74, 6) is 0.649. The average Bonchev–Trinajstić information content (AvgIpc) is 2.66. The molecule has 0 saturated heterocycles. The molecule has 0 radical (unpaired) electrons. The molecule has 0 aliphatic heterocycles. The van der Waals surface area contributed by atoms with Crippen LogP contribution in [0.2, 0.25) is 10.0 Å². The molecule has 0 N–H and O–H groups in total. The van der Waals surface area contributed by atoms with Gasteiger partial charge in [-0.05, 0) is 29.7 Å². The minimum Gasteiger partial charge on any atom is -0.219 e. The van der Waals surface area contributed by atoms with Crippen molar-refractivity contribution in [1.82, 2.24) is 9.36 Å². The van der Waals surface area contributed by atoms with Gasteiger partial charge in [-0.3, -0.25) is 0 Å². The molecule has 2 rings (SSSR count). The highest BCUT2D eigenvalue weighted by Gasteiger charge is 2.09. The van der Waals surface area contributed by atoms with Crippen molar-refractivity contribution in [1.29, 1.82) is 0 Å². The van der Waals surface area contributed by atoms with E-state index in [4.69, 9.17) is 23.2 Å². The maximum atomic E-state index is 6.04. The zero-order valence-corrected chi connectivity index (χ0v) is 11.3. The SMILES string of the molecule is Clc1ccc(-c2nsc(CBr)n2)c(Cl)c1. The number of benzene rings is 1. The van der Waals surface area contributed by atoms with Crippen LogP contribution in [-0.2, 0) is 5.33 Å². The summed E-state index contributed by atoms with van der Waals surface area (Å²) < 4.78 is 4.22. The Morgan fingerprint density at radius 1 is 1.33 bits per heavy atom. The number of hydrogen-bond acceptors (Lipinski definition) is 3. The second kappa shape index (κ2) is 4.78. The standard InChI is InChI=1S/C9H5BrCl2N2S/c10-4-8-13-9(14-15-8)6-2-1-5(11)3-7(6)12/h1-3H,4H2. The lowest BCUT2D eigenvalue weighted by Crippen LogP contribution is -1.83. The maximum absolute atomic E-state index is 6.04. The molecule has 0 spiro atoms. The van der Waals surface area contributed by atoms with Gasteiger partial charge >= 0.3 is 0 Å². The van der Waals surface area contributed by atoms with E-state index in [1.165, 1.54) is 11.5 Å². The predicted molar refractivity (Wildman–Crippen MR) is 68.0 cm³/mol. The Morgan fingerprint density at radius 2 is 2.13 bits per heavy atom. The van der Waals surface area contributed by atoms with Crippen molar-refractivity contribution in [3.8, 4) is 11.4 Å². The van der Waals surface area contributed by atoms with Crippen molar-refractivity contribution in [2.45, 2.75) is 5.33 Å². The fourth-order valence-electron chi connectivity index (χ4n) is 1.09. The van der Waals surface area contributed by atoms with Crippen LogP contribution >= 0.6 is 50.7 Å². The number of nitrogens with zero attached hydrogens (tertiary/aromatic N) is 2. The van der Waals surface area contributed by atoms with E-state index in [-0.39, 0.29) is 0 Å². The van der Waals surface area contributed by atoms with Crippen LogP contribution in [0.3, 0.4) is 0 Å². The molecule has 0 saturated carbocycles. The first-order valence-electron chi connectivity index (χ1n) is 4.04. The molecule has 0 atom stereocenters. The van der Waals surface area contributed by atoms with Gasteiger partial charge < -0.3 is 0 Å². The van der Waals surface area contributed by atoms with E-state index in [0.717, 1.165) is 10.6 Å². The first kappa shape index (κ1) is 11.3. The topological polar surface area (TPSA) is 25.8 Å². The van der Waals surface area contributed by atoms with Crippen molar-refractivity contribution < 1.29 is 0 Å². The van der Waals surface area contributed by atoms with Crippen molar-refractivity contribution in [2.24, 2.45) is 0 Å². The molecule has 0 aliphatic carbocycles. The van der Waals surface area contributed by atoms with Crippen molar-refractivity contribution >= 4 is 50.7 Å². The Bertz CT molecular complexity index is 487. The third-order valence-corrected chi connectivity index (χ3v) is 3.92. The van der Waals surface area contributed by atoms with Crippen LogP contribution in [0.1, 0.15) is 5.01 Å². The number of hydrogen-bond donors (Lipinski definition) is 0. The number of aromatic nitrogens is 2. The van der Waals surface area contributed by atoms with Gasteiger partial charge in [0.15, 0.2) is 5.82 Å². The Kier molecular flexibility index (Phi) is 3.61. The molecule has 0 fully saturated rings. The zero-order valence-electron chi connectivity index (χ0n) is 7.38. The van der Waals surface area contributed by atoms with Gasteiger partial charge in [0.1, 0.15) is 5.01 Å². The summed E-state index contributed by atoms with van der Waals surface area (Å²) in [6.07, 6.45) is 0. The van der Waals surface area contributed by atoms with E-state index in [2.05, 4.69) is 25.3 Å². The lowest BCUT2D eigenvalue weighted by Gasteiger charge is -1.99. The van der Waals surface area contributed by atoms with Crippen LogP contribution in [0.4, 0.5) is 0 Å². The van der Waals surface area contributed by atoms with Crippen LogP contribution in [-0.4, -0.2) is 9.36 Å². The number of alkyl halides is 1. The van der Waals surface area contributed by atoms with E-state index in [1.807, 2.05) is 6.07 Å². The highest BCUT2D eigenvalue weighted by Crippen LogP contribution is 2.29. The van der Waals surface area contributed by atoms with Gasteiger partial charge in [0.2, 0.25) is 0 Å². The lowest BCUT2D eigenvalue weighted by atomic mass is 10.2. The third kappa shape index (κ3) is 2.50. The van der Waals surface area contributed by atoms with Crippen LogP contribution in [0, 0.1) is 0 Å². The summed E-state index contributed by atoms with van der Waals surface area (Å²) in [6.45, 7) is 0. The molecule has 0 bridgehead atoms. The molecule has 0 unspecified atom stereocenters. The molecule has 1 heterocycles. The van der Waals surface area contributed by atoms with Gasteiger partial charge in [-0.2, -0.15) is 4.37 Å². The molecule has 1 aromatic carbocycles. The van der Waals surface area contributed by atoms with Crippen LogP contribution < -0.4 is 0 Å². The summed E-state index contributed by atoms with van der Waals surface area (Å²) in [5.41, 5.74) is 0.810. The fourth-order valence-corrected chi connectivity index (χ4v) is 2.52. The molecule has 1 aromatic heterocycles. The Hall–Kier alpha value is -0.160. The highest BCUT2D eigenvalue weighted by molar-refractivity contribution is 9.08. The van der Waals surface area contributed by atoms with Crippen molar-refractivity contribution in [3.05, 3.63) is 33.3 Å². The van der Waals surface area contributed by atoms with E-state index in [9.17, 15) is 0 Å². The lowest BCUT2D eigenvalue weighted by molar-refractivity contribution is 1.25.